The van der Waals surface area contributed by atoms with Crippen LogP contribution in [0.15, 0.2) is 12.6 Å². The molecule has 0 aliphatic rings. The third-order valence-corrected chi connectivity index (χ3v) is 2.87. The van der Waals surface area contributed by atoms with Crippen molar-refractivity contribution >= 4 is 11.8 Å². The molecule has 3 nitrogen and oxygen atoms in total. The first kappa shape index (κ1) is 13.1. The van der Waals surface area contributed by atoms with Crippen molar-refractivity contribution < 1.29 is 4.74 Å². The van der Waals surface area contributed by atoms with Crippen molar-refractivity contribution in [3.63, 3.8) is 0 Å². The Balaban J connectivity index is 3.64. The molecular weight excluding hydrogens is 212 g/mol. The van der Waals surface area contributed by atoms with Gasteiger partial charge in [-0.05, 0) is 25.5 Å². The fourth-order valence-corrected chi connectivity index (χ4v) is 2.05. The highest BCUT2D eigenvalue weighted by Crippen LogP contribution is 2.37. The van der Waals surface area contributed by atoms with Gasteiger partial charge in [0.05, 0.1) is 19.1 Å². The minimum absolute atomic E-state index is 0.231. The fraction of sp³-hybridized carbons (Fsp3) is 0.357. The zero-order valence-electron chi connectivity index (χ0n) is 10.8. The number of methoxy groups -OCH3 is 1. The van der Waals surface area contributed by atoms with Crippen LogP contribution in [0, 0.1) is 18.3 Å². The van der Waals surface area contributed by atoms with E-state index in [1.807, 2.05) is 27.0 Å². The Hall–Kier alpha value is -1.95. The van der Waals surface area contributed by atoms with Gasteiger partial charge in [0.25, 0.3) is 0 Å². The Labute approximate surface area is 103 Å². The van der Waals surface area contributed by atoms with Gasteiger partial charge in [-0.15, -0.1) is 0 Å². The molecule has 1 N–H and O–H groups in total. The fourth-order valence-electron chi connectivity index (χ4n) is 2.05. The van der Waals surface area contributed by atoms with Crippen LogP contribution in [0.4, 0.5) is 5.69 Å². The number of benzene rings is 1. The van der Waals surface area contributed by atoms with Crippen molar-refractivity contribution in [3.8, 4) is 11.8 Å². The van der Waals surface area contributed by atoms with Crippen LogP contribution in [0.3, 0.4) is 0 Å². The Kier molecular flexibility index (Phi) is 4.17. The first-order valence-electron chi connectivity index (χ1n) is 5.51. The molecule has 17 heavy (non-hydrogen) atoms. The van der Waals surface area contributed by atoms with Gasteiger partial charge in [0.2, 0.25) is 0 Å². The van der Waals surface area contributed by atoms with Gasteiger partial charge >= 0.3 is 0 Å². The van der Waals surface area contributed by atoms with Crippen molar-refractivity contribution in [1.82, 2.24) is 0 Å². The molecule has 0 radical (unpaired) electrons. The van der Waals surface area contributed by atoms with E-state index in [1.54, 1.807) is 13.2 Å². The van der Waals surface area contributed by atoms with Crippen molar-refractivity contribution in [1.29, 1.82) is 5.26 Å². The van der Waals surface area contributed by atoms with Crippen LogP contribution in [0.1, 0.15) is 29.5 Å². The molecule has 1 unspecified atom stereocenters. The minimum atomic E-state index is -0.231. The SMILES string of the molecule is C=Cc1c(NC)c(C)cc(OC)c1C(C)C#N. The summed E-state index contributed by atoms with van der Waals surface area (Å²) < 4.78 is 5.36. The van der Waals surface area contributed by atoms with Gasteiger partial charge in [-0.3, -0.25) is 0 Å². The maximum Gasteiger partial charge on any atom is 0.124 e. The Morgan fingerprint density at radius 3 is 2.65 bits per heavy atom. The first-order chi connectivity index (χ1) is 8.10. The number of nitriles is 1. The molecular formula is C14H18N2O. The predicted octanol–water partition coefficient (Wildman–Crippen LogP) is 3.32. The Morgan fingerprint density at radius 2 is 2.24 bits per heavy atom. The quantitative estimate of drug-likeness (QED) is 0.863. The number of hydrogen-bond donors (Lipinski definition) is 1. The zero-order valence-corrected chi connectivity index (χ0v) is 10.8. The smallest absolute Gasteiger partial charge is 0.124 e. The van der Waals surface area contributed by atoms with Gasteiger partial charge in [0.1, 0.15) is 5.75 Å². The summed E-state index contributed by atoms with van der Waals surface area (Å²) >= 11 is 0. The molecule has 0 amide bonds. The molecule has 0 saturated heterocycles. The van der Waals surface area contributed by atoms with Crippen molar-refractivity contribution in [2.24, 2.45) is 0 Å². The van der Waals surface area contributed by atoms with E-state index in [4.69, 9.17) is 10.00 Å². The van der Waals surface area contributed by atoms with Crippen LogP contribution >= 0.6 is 0 Å². The average molecular weight is 230 g/mol. The lowest BCUT2D eigenvalue weighted by molar-refractivity contribution is 0.408. The second-order valence-corrected chi connectivity index (χ2v) is 3.90. The molecule has 1 aromatic rings. The molecule has 0 aliphatic carbocycles. The average Bonchev–Trinajstić information content (AvgIpc) is 2.36. The summed E-state index contributed by atoms with van der Waals surface area (Å²) in [7, 11) is 3.48. The number of rotatable bonds is 4. The Bertz CT molecular complexity index is 472. The van der Waals surface area contributed by atoms with Crippen molar-refractivity contribution in [2.75, 3.05) is 19.5 Å². The predicted molar refractivity (Wildman–Crippen MR) is 71.4 cm³/mol. The van der Waals surface area contributed by atoms with Crippen molar-refractivity contribution in [3.05, 3.63) is 29.3 Å². The largest absolute Gasteiger partial charge is 0.496 e. The van der Waals surface area contributed by atoms with Gasteiger partial charge in [-0.25, -0.2) is 0 Å². The number of ether oxygens (including phenoxy) is 1. The molecule has 0 fully saturated rings. The van der Waals surface area contributed by atoms with Crippen LogP contribution in [0.2, 0.25) is 0 Å². The van der Waals surface area contributed by atoms with E-state index in [1.165, 1.54) is 0 Å². The summed E-state index contributed by atoms with van der Waals surface area (Å²) in [5, 5.41) is 12.3. The molecule has 0 aromatic heterocycles. The van der Waals surface area contributed by atoms with Gasteiger partial charge in [-0.1, -0.05) is 12.7 Å². The molecule has 0 bridgehead atoms. The number of nitrogens with one attached hydrogen (secondary N) is 1. The normalized spacial score (nSPS) is 11.5. The third kappa shape index (κ3) is 2.26. The lowest BCUT2D eigenvalue weighted by Gasteiger charge is -2.19. The van der Waals surface area contributed by atoms with Gasteiger partial charge in [0.15, 0.2) is 0 Å². The second-order valence-electron chi connectivity index (χ2n) is 3.90. The highest BCUT2D eigenvalue weighted by molar-refractivity contribution is 5.75. The topological polar surface area (TPSA) is 45.0 Å². The second kappa shape index (κ2) is 5.40. The van der Waals surface area contributed by atoms with Crippen LogP contribution < -0.4 is 10.1 Å². The summed E-state index contributed by atoms with van der Waals surface area (Å²) in [6.07, 6.45) is 1.77. The maximum absolute atomic E-state index is 9.10. The van der Waals surface area contributed by atoms with Crippen LogP contribution in [-0.4, -0.2) is 14.2 Å². The highest BCUT2D eigenvalue weighted by Gasteiger charge is 2.19. The van der Waals surface area contributed by atoms with Crippen LogP contribution in [0.5, 0.6) is 5.75 Å². The number of aryl methyl sites for hydroxylation is 1. The summed E-state index contributed by atoms with van der Waals surface area (Å²) in [6, 6.07) is 4.19. The number of nitrogens with zero attached hydrogens (tertiary/aromatic N) is 1. The summed E-state index contributed by atoms with van der Waals surface area (Å²) in [5.41, 5.74) is 3.91. The van der Waals surface area contributed by atoms with Gasteiger partial charge < -0.3 is 10.1 Å². The number of hydrogen-bond acceptors (Lipinski definition) is 3. The van der Waals surface area contributed by atoms with Gasteiger partial charge in [0, 0.05) is 23.9 Å². The molecule has 90 valence electrons. The lowest BCUT2D eigenvalue weighted by Crippen LogP contribution is -2.04. The Morgan fingerprint density at radius 1 is 1.59 bits per heavy atom. The minimum Gasteiger partial charge on any atom is -0.496 e. The molecule has 0 spiro atoms. The summed E-state index contributed by atoms with van der Waals surface area (Å²) in [5.74, 6) is 0.510. The molecule has 0 aliphatic heterocycles. The summed E-state index contributed by atoms with van der Waals surface area (Å²) in [6.45, 7) is 7.69. The molecule has 1 aromatic carbocycles. The van der Waals surface area contributed by atoms with E-state index in [0.29, 0.717) is 0 Å². The molecule has 0 heterocycles. The van der Waals surface area contributed by atoms with E-state index in [-0.39, 0.29) is 5.92 Å². The molecule has 0 saturated carbocycles. The third-order valence-electron chi connectivity index (χ3n) is 2.87. The van der Waals surface area contributed by atoms with Crippen molar-refractivity contribution in [2.45, 2.75) is 19.8 Å². The van der Waals surface area contributed by atoms with E-state index in [9.17, 15) is 0 Å². The van der Waals surface area contributed by atoms with E-state index in [2.05, 4.69) is 18.0 Å². The zero-order chi connectivity index (χ0) is 13.0. The highest BCUT2D eigenvalue weighted by atomic mass is 16.5. The molecule has 3 heteroatoms. The number of anilines is 1. The van der Waals surface area contributed by atoms with E-state index < -0.39 is 0 Å². The summed E-state index contributed by atoms with van der Waals surface area (Å²) in [4.78, 5) is 0. The monoisotopic (exact) mass is 230 g/mol. The molecule has 1 atom stereocenters. The lowest BCUT2D eigenvalue weighted by atomic mass is 9.92. The first-order valence-corrected chi connectivity index (χ1v) is 5.51. The van der Waals surface area contributed by atoms with E-state index >= 15 is 0 Å². The van der Waals surface area contributed by atoms with Gasteiger partial charge in [-0.2, -0.15) is 5.26 Å². The van der Waals surface area contributed by atoms with Crippen LogP contribution in [0.25, 0.3) is 6.08 Å². The standard InChI is InChI=1S/C14H18N2O/c1-6-11-13(10(3)8-15)12(17-5)7-9(2)14(11)16-4/h6-7,10,16H,1H2,2-5H3. The van der Waals surface area contributed by atoms with E-state index in [0.717, 1.165) is 28.1 Å². The van der Waals surface area contributed by atoms with Crippen LogP contribution in [-0.2, 0) is 0 Å². The molecule has 1 rings (SSSR count). The maximum atomic E-state index is 9.10.